The van der Waals surface area contributed by atoms with Crippen LogP contribution in [0.4, 0.5) is 5.69 Å². The topological polar surface area (TPSA) is 58.9 Å². The Labute approximate surface area is 196 Å². The number of hydrogen-bond acceptors (Lipinski definition) is 6. The van der Waals surface area contributed by atoms with Crippen LogP contribution in [-0.2, 0) is 19.9 Å². The summed E-state index contributed by atoms with van der Waals surface area (Å²) >= 11 is 8.44. The van der Waals surface area contributed by atoms with Crippen LogP contribution in [0.5, 0.6) is 0 Å². The Morgan fingerprint density at radius 3 is 3.00 bits per heavy atom. The monoisotopic (exact) mass is 464 g/mol. The van der Waals surface area contributed by atoms with E-state index in [9.17, 15) is 0 Å². The number of anilines is 1. The van der Waals surface area contributed by atoms with E-state index in [2.05, 4.69) is 49.8 Å². The highest BCUT2D eigenvalue weighted by atomic mass is 35.5. The summed E-state index contributed by atoms with van der Waals surface area (Å²) in [6.45, 7) is 3.24. The van der Waals surface area contributed by atoms with Gasteiger partial charge in [0.05, 0.1) is 15.9 Å². The number of aromatic nitrogens is 4. The molecule has 0 bridgehead atoms. The summed E-state index contributed by atoms with van der Waals surface area (Å²) in [4.78, 5) is 8.55. The molecule has 8 heteroatoms. The molecule has 1 N–H and O–H groups in total. The van der Waals surface area contributed by atoms with Crippen molar-refractivity contribution < 1.29 is 0 Å². The van der Waals surface area contributed by atoms with Crippen LogP contribution in [-0.4, -0.2) is 45.7 Å². The van der Waals surface area contributed by atoms with E-state index in [-0.39, 0.29) is 0 Å². The number of pyridine rings is 1. The summed E-state index contributed by atoms with van der Waals surface area (Å²) in [6, 6.07) is 9.20. The third kappa shape index (κ3) is 3.58. The molecule has 6 rings (SSSR count). The van der Waals surface area contributed by atoms with Crippen LogP contribution in [0.1, 0.15) is 29.0 Å². The van der Waals surface area contributed by atoms with Gasteiger partial charge in [0.2, 0.25) is 0 Å². The van der Waals surface area contributed by atoms with Crippen molar-refractivity contribution >= 4 is 38.8 Å². The van der Waals surface area contributed by atoms with E-state index in [1.54, 1.807) is 16.0 Å². The Bertz CT molecular complexity index is 1290. The molecule has 0 aliphatic carbocycles. The summed E-state index contributed by atoms with van der Waals surface area (Å²) in [7, 11) is 1.90. The Hall–Kier alpha value is -2.48. The second-order valence-corrected chi connectivity index (χ2v) is 10.3. The number of fused-ring (bicyclic) bond motifs is 2. The molecule has 0 amide bonds. The molecule has 2 aliphatic heterocycles. The molecule has 6 nitrogen and oxygen atoms in total. The molecule has 2 aliphatic rings. The van der Waals surface area contributed by atoms with Gasteiger partial charge in [-0.05, 0) is 55.6 Å². The van der Waals surface area contributed by atoms with Gasteiger partial charge in [-0.1, -0.05) is 16.8 Å². The molecule has 1 fully saturated rings. The van der Waals surface area contributed by atoms with Crippen molar-refractivity contribution in [3.8, 4) is 11.1 Å². The van der Waals surface area contributed by atoms with Gasteiger partial charge < -0.3 is 10.2 Å². The van der Waals surface area contributed by atoms with Gasteiger partial charge in [0.15, 0.2) is 0 Å². The number of benzene rings is 1. The molecule has 1 atom stereocenters. The van der Waals surface area contributed by atoms with Gasteiger partial charge in [0.25, 0.3) is 0 Å². The molecule has 3 aromatic heterocycles. The SMILES string of the molecule is Cn1cc(Cc2cc3nccc(-c4cc(Cl)cc5c4N(C4CCNC4)CCC5)c3s2)nn1. The molecular formula is C24H25ClN6S. The Morgan fingerprint density at radius 1 is 1.25 bits per heavy atom. The number of hydrogen-bond donors (Lipinski definition) is 1. The third-order valence-corrected chi connectivity index (χ3v) is 7.90. The van der Waals surface area contributed by atoms with E-state index in [0.717, 1.165) is 48.7 Å². The number of nitrogens with zero attached hydrogens (tertiary/aromatic N) is 5. The van der Waals surface area contributed by atoms with E-state index < -0.39 is 0 Å². The molecule has 1 saturated heterocycles. The highest BCUT2D eigenvalue weighted by Gasteiger charge is 2.30. The zero-order valence-corrected chi connectivity index (χ0v) is 19.6. The second kappa shape index (κ2) is 8.14. The van der Waals surface area contributed by atoms with Crippen LogP contribution in [0.25, 0.3) is 21.3 Å². The Balaban J connectivity index is 1.48. The van der Waals surface area contributed by atoms with Crippen molar-refractivity contribution in [1.29, 1.82) is 0 Å². The predicted octanol–water partition coefficient (Wildman–Crippen LogP) is 4.45. The van der Waals surface area contributed by atoms with Crippen molar-refractivity contribution in [2.45, 2.75) is 31.7 Å². The van der Waals surface area contributed by atoms with Gasteiger partial charge in [0, 0.05) is 71.7 Å². The van der Waals surface area contributed by atoms with Crippen molar-refractivity contribution in [3.63, 3.8) is 0 Å². The zero-order chi connectivity index (χ0) is 21.7. The smallest absolute Gasteiger partial charge is 0.0878 e. The zero-order valence-electron chi connectivity index (χ0n) is 18.0. The maximum absolute atomic E-state index is 6.64. The lowest BCUT2D eigenvalue weighted by molar-refractivity contribution is 0.592. The minimum atomic E-state index is 0.543. The first-order chi connectivity index (χ1) is 15.7. The van der Waals surface area contributed by atoms with E-state index in [4.69, 9.17) is 11.6 Å². The Morgan fingerprint density at radius 2 is 2.19 bits per heavy atom. The first-order valence-electron chi connectivity index (χ1n) is 11.2. The maximum Gasteiger partial charge on any atom is 0.0878 e. The van der Waals surface area contributed by atoms with Crippen LogP contribution < -0.4 is 10.2 Å². The number of aryl methyl sites for hydroxylation is 2. The summed E-state index contributed by atoms with van der Waals surface area (Å²) in [6.07, 6.45) is 8.11. The van der Waals surface area contributed by atoms with Crippen LogP contribution in [0.2, 0.25) is 5.02 Å². The molecule has 0 saturated carbocycles. The lowest BCUT2D eigenvalue weighted by atomic mass is 9.92. The number of rotatable bonds is 4. The van der Waals surface area contributed by atoms with Gasteiger partial charge in [-0.3, -0.25) is 9.67 Å². The van der Waals surface area contributed by atoms with E-state index in [1.807, 2.05) is 19.4 Å². The largest absolute Gasteiger partial charge is 0.366 e. The minimum absolute atomic E-state index is 0.543. The second-order valence-electron chi connectivity index (χ2n) is 8.75. The van der Waals surface area contributed by atoms with E-state index in [0.29, 0.717) is 6.04 Å². The molecule has 1 unspecified atom stereocenters. The third-order valence-electron chi connectivity index (χ3n) is 6.52. The van der Waals surface area contributed by atoms with E-state index >= 15 is 0 Å². The molecule has 164 valence electrons. The van der Waals surface area contributed by atoms with Crippen molar-refractivity contribution in [2.75, 3.05) is 24.5 Å². The van der Waals surface area contributed by atoms with Crippen LogP contribution in [0, 0.1) is 0 Å². The highest BCUT2D eigenvalue weighted by Crippen LogP contribution is 2.44. The number of halogens is 1. The maximum atomic E-state index is 6.64. The lowest BCUT2D eigenvalue weighted by Gasteiger charge is -2.38. The summed E-state index contributed by atoms with van der Waals surface area (Å²) in [5.41, 5.74) is 7.20. The van der Waals surface area contributed by atoms with Gasteiger partial charge >= 0.3 is 0 Å². The summed E-state index contributed by atoms with van der Waals surface area (Å²) in [5, 5.41) is 12.7. The normalized spacial score (nSPS) is 18.4. The number of nitrogens with one attached hydrogen (secondary N) is 1. The average molecular weight is 465 g/mol. The van der Waals surface area contributed by atoms with Gasteiger partial charge in [-0.2, -0.15) is 0 Å². The van der Waals surface area contributed by atoms with Gasteiger partial charge in [0.1, 0.15) is 0 Å². The predicted molar refractivity (Wildman–Crippen MR) is 131 cm³/mol. The first-order valence-corrected chi connectivity index (χ1v) is 12.4. The number of thiophene rings is 1. The van der Waals surface area contributed by atoms with Gasteiger partial charge in [-0.15, -0.1) is 16.4 Å². The summed E-state index contributed by atoms with van der Waals surface area (Å²) in [5.74, 6) is 0. The van der Waals surface area contributed by atoms with Crippen LogP contribution in [0.15, 0.2) is 36.7 Å². The highest BCUT2D eigenvalue weighted by molar-refractivity contribution is 7.19. The lowest BCUT2D eigenvalue weighted by Crippen LogP contribution is -2.40. The average Bonchev–Trinajstić information content (AvgIpc) is 3.53. The molecule has 0 spiro atoms. The van der Waals surface area contributed by atoms with Crippen molar-refractivity contribution in [1.82, 2.24) is 25.3 Å². The molecule has 0 radical (unpaired) electrons. The molecule has 1 aromatic carbocycles. The van der Waals surface area contributed by atoms with Gasteiger partial charge in [-0.25, -0.2) is 0 Å². The van der Waals surface area contributed by atoms with Crippen LogP contribution >= 0.6 is 22.9 Å². The quantitative estimate of drug-likeness (QED) is 0.483. The standard InChI is InChI=1S/C24H25ClN6S/c1-30-14-17(28-29-30)11-19-12-22-24(32-19)20(5-7-27-22)21-10-16(25)9-15-3-2-8-31(23(15)21)18-4-6-26-13-18/h5,7,9-10,12,14,18,26H,2-4,6,8,11,13H2,1H3. The Kier molecular flexibility index (Phi) is 5.12. The molecule has 5 heterocycles. The van der Waals surface area contributed by atoms with E-state index in [1.165, 1.54) is 44.8 Å². The minimum Gasteiger partial charge on any atom is -0.366 e. The van der Waals surface area contributed by atoms with Crippen LogP contribution in [0.3, 0.4) is 0 Å². The fourth-order valence-corrected chi connectivity index (χ4v) is 6.55. The summed E-state index contributed by atoms with van der Waals surface area (Å²) < 4.78 is 2.96. The fraction of sp³-hybridized carbons (Fsp3) is 0.375. The molecule has 4 aromatic rings. The first kappa shape index (κ1) is 20.1. The van der Waals surface area contributed by atoms with Crippen molar-refractivity contribution in [3.05, 3.63) is 57.8 Å². The van der Waals surface area contributed by atoms with Crippen molar-refractivity contribution in [2.24, 2.45) is 7.05 Å². The fourth-order valence-electron chi connectivity index (χ4n) is 5.15. The molecular weight excluding hydrogens is 440 g/mol. The molecule has 32 heavy (non-hydrogen) atoms.